The van der Waals surface area contributed by atoms with E-state index in [0.717, 1.165) is 11.1 Å². The average Bonchev–Trinajstić information content (AvgIpc) is 3.09. The van der Waals surface area contributed by atoms with Gasteiger partial charge in [0, 0.05) is 0 Å². The predicted molar refractivity (Wildman–Crippen MR) is 89.6 cm³/mol. The predicted octanol–water partition coefficient (Wildman–Crippen LogP) is 3.60. The van der Waals surface area contributed by atoms with Crippen LogP contribution in [-0.4, -0.2) is 21.1 Å². The van der Waals surface area contributed by atoms with Gasteiger partial charge in [0.05, 0.1) is 6.61 Å². The Morgan fingerprint density at radius 2 is 1.62 bits per heavy atom. The number of hydrogen-bond acceptors (Lipinski definition) is 4. The van der Waals surface area contributed by atoms with E-state index in [1.54, 1.807) is 0 Å². The SMILES string of the molecule is O=[N+]([O-])c1cncn1CCOC(c1ccccc1)c1ccccc1. The Bertz CT molecular complexity index is 748. The summed E-state index contributed by atoms with van der Waals surface area (Å²) >= 11 is 0. The van der Waals surface area contributed by atoms with Crippen molar-refractivity contribution in [3.63, 3.8) is 0 Å². The lowest BCUT2D eigenvalue weighted by atomic mass is 10.0. The molecule has 1 heterocycles. The number of imidazole rings is 1. The molecule has 0 fully saturated rings. The smallest absolute Gasteiger partial charge is 0.342 e. The van der Waals surface area contributed by atoms with Gasteiger partial charge in [-0.25, -0.2) is 9.55 Å². The molecule has 0 amide bonds. The lowest BCUT2D eigenvalue weighted by molar-refractivity contribution is -0.392. The summed E-state index contributed by atoms with van der Waals surface area (Å²) < 4.78 is 7.53. The summed E-state index contributed by atoms with van der Waals surface area (Å²) in [5.74, 6) is -0.0328. The molecule has 0 spiro atoms. The Morgan fingerprint density at radius 3 is 2.17 bits per heavy atom. The van der Waals surface area contributed by atoms with Crippen LogP contribution in [0.15, 0.2) is 73.2 Å². The second-order valence-corrected chi connectivity index (χ2v) is 5.27. The normalized spacial score (nSPS) is 10.9. The minimum atomic E-state index is -0.446. The van der Waals surface area contributed by atoms with Crippen molar-refractivity contribution in [1.29, 1.82) is 0 Å². The van der Waals surface area contributed by atoms with Crippen molar-refractivity contribution < 1.29 is 9.66 Å². The molecule has 2 aromatic carbocycles. The van der Waals surface area contributed by atoms with Gasteiger partial charge < -0.3 is 14.9 Å². The molecule has 6 nitrogen and oxygen atoms in total. The molecule has 0 radical (unpaired) electrons. The fourth-order valence-corrected chi connectivity index (χ4v) is 2.55. The van der Waals surface area contributed by atoms with Gasteiger partial charge in [-0.15, -0.1) is 0 Å². The van der Waals surface area contributed by atoms with E-state index in [1.165, 1.54) is 17.1 Å². The Kier molecular flexibility index (Phi) is 4.98. The molecule has 0 saturated carbocycles. The first-order valence-electron chi connectivity index (χ1n) is 7.61. The van der Waals surface area contributed by atoms with E-state index in [9.17, 15) is 10.1 Å². The fraction of sp³-hybridized carbons (Fsp3) is 0.167. The van der Waals surface area contributed by atoms with Crippen LogP contribution in [-0.2, 0) is 11.3 Å². The van der Waals surface area contributed by atoms with Crippen LogP contribution in [0.2, 0.25) is 0 Å². The number of hydrogen-bond donors (Lipinski definition) is 0. The van der Waals surface area contributed by atoms with E-state index >= 15 is 0 Å². The monoisotopic (exact) mass is 323 g/mol. The molecule has 0 aliphatic rings. The number of ether oxygens (including phenoxy) is 1. The highest BCUT2D eigenvalue weighted by Gasteiger charge is 2.17. The second kappa shape index (κ2) is 7.52. The Morgan fingerprint density at radius 1 is 1.04 bits per heavy atom. The second-order valence-electron chi connectivity index (χ2n) is 5.27. The van der Waals surface area contributed by atoms with Gasteiger partial charge in [0.25, 0.3) is 0 Å². The zero-order chi connectivity index (χ0) is 16.8. The highest BCUT2D eigenvalue weighted by molar-refractivity contribution is 5.29. The van der Waals surface area contributed by atoms with Gasteiger partial charge in [-0.1, -0.05) is 60.7 Å². The molecule has 122 valence electrons. The van der Waals surface area contributed by atoms with Crippen molar-refractivity contribution in [3.8, 4) is 0 Å². The quantitative estimate of drug-likeness (QED) is 0.492. The zero-order valence-corrected chi connectivity index (χ0v) is 13.0. The minimum Gasteiger partial charge on any atom is -0.365 e. The molecule has 0 unspecified atom stereocenters. The average molecular weight is 323 g/mol. The first-order valence-corrected chi connectivity index (χ1v) is 7.61. The van der Waals surface area contributed by atoms with Crippen molar-refractivity contribution in [1.82, 2.24) is 9.55 Å². The number of benzene rings is 2. The molecule has 3 rings (SSSR count). The number of nitrogens with zero attached hydrogens (tertiary/aromatic N) is 3. The van der Waals surface area contributed by atoms with Gasteiger partial charge in [0.2, 0.25) is 0 Å². The van der Waals surface area contributed by atoms with Crippen molar-refractivity contribution in [2.24, 2.45) is 0 Å². The van der Waals surface area contributed by atoms with Gasteiger partial charge in [0.1, 0.15) is 18.8 Å². The van der Waals surface area contributed by atoms with Gasteiger partial charge in [-0.3, -0.25) is 0 Å². The van der Waals surface area contributed by atoms with Crippen molar-refractivity contribution in [2.45, 2.75) is 12.6 Å². The van der Waals surface area contributed by atoms with Crippen LogP contribution < -0.4 is 0 Å². The van der Waals surface area contributed by atoms with Crippen molar-refractivity contribution in [2.75, 3.05) is 6.61 Å². The van der Waals surface area contributed by atoms with Crippen molar-refractivity contribution in [3.05, 3.63) is 94.4 Å². The van der Waals surface area contributed by atoms with E-state index in [2.05, 4.69) is 4.98 Å². The molecule has 0 aliphatic carbocycles. The highest BCUT2D eigenvalue weighted by Crippen LogP contribution is 2.25. The van der Waals surface area contributed by atoms with Crippen LogP contribution in [0.5, 0.6) is 0 Å². The van der Waals surface area contributed by atoms with E-state index in [0.29, 0.717) is 13.2 Å². The van der Waals surface area contributed by atoms with Crippen LogP contribution in [0, 0.1) is 10.1 Å². The summed E-state index contributed by atoms with van der Waals surface area (Å²) in [5, 5.41) is 10.9. The standard InChI is InChI=1S/C18H17N3O3/c22-21(23)17-13-19-14-20(17)11-12-24-18(15-7-3-1-4-8-15)16-9-5-2-6-10-16/h1-10,13-14,18H,11-12H2. The van der Waals surface area contributed by atoms with Gasteiger partial charge in [0.15, 0.2) is 6.33 Å². The van der Waals surface area contributed by atoms with E-state index in [4.69, 9.17) is 4.74 Å². The Hall–Kier alpha value is -2.99. The highest BCUT2D eigenvalue weighted by atomic mass is 16.6. The zero-order valence-electron chi connectivity index (χ0n) is 13.0. The molecule has 1 aromatic heterocycles. The van der Waals surface area contributed by atoms with Crippen LogP contribution in [0.3, 0.4) is 0 Å². The molecule has 0 bridgehead atoms. The first-order chi connectivity index (χ1) is 11.8. The summed E-state index contributed by atoms with van der Waals surface area (Å²) in [4.78, 5) is 14.3. The maximum Gasteiger partial charge on any atom is 0.342 e. The maximum atomic E-state index is 10.9. The molecule has 6 heteroatoms. The molecule has 0 atom stereocenters. The summed E-state index contributed by atoms with van der Waals surface area (Å²) in [6.07, 6.45) is 2.47. The van der Waals surface area contributed by atoms with Crippen LogP contribution in [0.1, 0.15) is 17.2 Å². The maximum absolute atomic E-state index is 10.9. The van der Waals surface area contributed by atoms with Crippen molar-refractivity contribution >= 4 is 5.82 Å². The molecule has 24 heavy (non-hydrogen) atoms. The third-order valence-corrected chi connectivity index (χ3v) is 3.70. The molecule has 0 saturated heterocycles. The Labute approximate surface area is 139 Å². The fourth-order valence-electron chi connectivity index (χ4n) is 2.55. The lowest BCUT2D eigenvalue weighted by Crippen LogP contribution is -2.12. The number of rotatable bonds is 7. The van der Waals surface area contributed by atoms with E-state index in [1.807, 2.05) is 60.7 Å². The molecule has 0 N–H and O–H groups in total. The largest absolute Gasteiger partial charge is 0.365 e. The summed E-state index contributed by atoms with van der Waals surface area (Å²) in [6.45, 7) is 0.706. The molecule has 3 aromatic rings. The third-order valence-electron chi connectivity index (χ3n) is 3.70. The van der Waals surface area contributed by atoms with Gasteiger partial charge in [-0.05, 0) is 16.1 Å². The lowest BCUT2D eigenvalue weighted by Gasteiger charge is -2.18. The first kappa shape index (κ1) is 15.9. The van der Waals surface area contributed by atoms with Crippen LogP contribution in [0.25, 0.3) is 0 Å². The summed E-state index contributed by atoms with van der Waals surface area (Å²) in [5.41, 5.74) is 2.09. The Balaban J connectivity index is 1.73. The third kappa shape index (κ3) is 3.67. The molecular weight excluding hydrogens is 306 g/mol. The molecular formula is C18H17N3O3. The van der Waals surface area contributed by atoms with E-state index < -0.39 is 4.92 Å². The minimum absolute atomic E-state index is 0.0328. The van der Waals surface area contributed by atoms with Crippen LogP contribution >= 0.6 is 0 Å². The summed E-state index contributed by atoms with van der Waals surface area (Å²) in [7, 11) is 0. The van der Waals surface area contributed by atoms with E-state index in [-0.39, 0.29) is 11.9 Å². The molecule has 0 aliphatic heterocycles. The van der Waals surface area contributed by atoms with Gasteiger partial charge in [-0.2, -0.15) is 0 Å². The summed E-state index contributed by atoms with van der Waals surface area (Å²) in [6, 6.07) is 19.8. The van der Waals surface area contributed by atoms with Gasteiger partial charge >= 0.3 is 5.82 Å². The van der Waals surface area contributed by atoms with Crippen LogP contribution in [0.4, 0.5) is 5.82 Å². The number of nitro groups is 1. The topological polar surface area (TPSA) is 70.2 Å². The number of aromatic nitrogens is 2.